The maximum absolute atomic E-state index is 12.1. The van der Waals surface area contributed by atoms with Crippen molar-refractivity contribution in [2.75, 3.05) is 13.7 Å². The smallest absolute Gasteiger partial charge is 0.335 e. The highest BCUT2D eigenvalue weighted by Gasteiger charge is 2.09. The molecule has 2 aromatic rings. The number of nitrogens with one attached hydrogen (secondary N) is 1. The van der Waals surface area contributed by atoms with Crippen LogP contribution in [0.1, 0.15) is 21.5 Å². The molecule has 0 spiro atoms. The predicted octanol–water partition coefficient (Wildman–Crippen LogP) is 2.66. The summed E-state index contributed by atoms with van der Waals surface area (Å²) in [6.45, 7) is 0.391. The van der Waals surface area contributed by atoms with Crippen molar-refractivity contribution in [3.05, 3.63) is 70.8 Å². The van der Waals surface area contributed by atoms with E-state index in [0.717, 1.165) is 11.3 Å². The van der Waals surface area contributed by atoms with E-state index in [-0.39, 0.29) is 11.1 Å². The number of hydrogen-bond acceptors (Lipinski definition) is 4. The van der Waals surface area contributed by atoms with E-state index in [1.807, 2.05) is 30.3 Å². The molecule has 6 nitrogen and oxygen atoms in total. The molecule has 0 bridgehead atoms. The van der Waals surface area contributed by atoms with Gasteiger partial charge in [0.05, 0.1) is 12.7 Å². The molecule has 0 heterocycles. The summed E-state index contributed by atoms with van der Waals surface area (Å²) in [6, 6.07) is 15.3. The number of benzene rings is 2. The van der Waals surface area contributed by atoms with Crippen molar-refractivity contribution in [1.82, 2.24) is 5.32 Å². The first-order chi connectivity index (χ1) is 12.5. The number of rotatable bonds is 7. The Hall–Kier alpha value is -3.59. The highest BCUT2D eigenvalue weighted by molar-refractivity contribution is 6.01. The summed E-state index contributed by atoms with van der Waals surface area (Å²) >= 11 is 0. The number of carboxylic acid groups (broad SMARTS) is 1. The molecule has 2 aromatic carbocycles. The number of methoxy groups -OCH3 is 1. The standard InChI is InChI=1S/C20H18N2O4/c1-26-18-8-4-14(5-9-18)10-11-22-19(23)17(13-21)12-15-2-6-16(7-3-15)20(24)25/h2-9,12H,10-11H2,1H3,(H,22,23)(H,24,25)/b17-12-. The first-order valence-corrected chi connectivity index (χ1v) is 7.90. The molecule has 0 aromatic heterocycles. The van der Waals surface area contributed by atoms with Crippen molar-refractivity contribution < 1.29 is 19.4 Å². The lowest BCUT2D eigenvalue weighted by atomic mass is 10.1. The lowest BCUT2D eigenvalue weighted by Crippen LogP contribution is -2.26. The molecule has 0 aliphatic heterocycles. The largest absolute Gasteiger partial charge is 0.497 e. The SMILES string of the molecule is COc1ccc(CCNC(=O)/C(C#N)=C\c2ccc(C(=O)O)cc2)cc1. The summed E-state index contributed by atoms with van der Waals surface area (Å²) in [6.07, 6.45) is 2.05. The minimum Gasteiger partial charge on any atom is -0.497 e. The second kappa shape index (κ2) is 9.04. The molecule has 0 atom stereocenters. The van der Waals surface area contributed by atoms with Crippen LogP contribution >= 0.6 is 0 Å². The number of amides is 1. The molecule has 2 rings (SSSR count). The number of hydrogen-bond donors (Lipinski definition) is 2. The monoisotopic (exact) mass is 350 g/mol. The quantitative estimate of drug-likeness (QED) is 0.591. The average molecular weight is 350 g/mol. The van der Waals surface area contributed by atoms with Gasteiger partial charge in [0.1, 0.15) is 17.4 Å². The Bertz CT molecular complexity index is 847. The van der Waals surface area contributed by atoms with Crippen molar-refractivity contribution in [1.29, 1.82) is 5.26 Å². The van der Waals surface area contributed by atoms with E-state index >= 15 is 0 Å². The minimum atomic E-state index is -1.03. The lowest BCUT2D eigenvalue weighted by molar-refractivity contribution is -0.117. The summed E-state index contributed by atoms with van der Waals surface area (Å²) in [4.78, 5) is 23.0. The Morgan fingerprint density at radius 1 is 1.15 bits per heavy atom. The zero-order chi connectivity index (χ0) is 18.9. The van der Waals surface area contributed by atoms with Crippen molar-refractivity contribution in [2.45, 2.75) is 6.42 Å². The van der Waals surface area contributed by atoms with Gasteiger partial charge in [0.25, 0.3) is 5.91 Å². The molecule has 0 radical (unpaired) electrons. The summed E-state index contributed by atoms with van der Waals surface area (Å²) in [5, 5.41) is 20.8. The van der Waals surface area contributed by atoms with Gasteiger partial charge in [0, 0.05) is 6.54 Å². The van der Waals surface area contributed by atoms with E-state index in [1.54, 1.807) is 19.2 Å². The molecule has 2 N–H and O–H groups in total. The van der Waals surface area contributed by atoms with Gasteiger partial charge in [-0.3, -0.25) is 4.79 Å². The normalized spacial score (nSPS) is 10.7. The Balaban J connectivity index is 1.95. The summed E-state index contributed by atoms with van der Waals surface area (Å²) in [7, 11) is 1.60. The molecule has 1 amide bonds. The Labute approximate surface area is 151 Å². The summed E-state index contributed by atoms with van der Waals surface area (Å²) < 4.78 is 5.09. The van der Waals surface area contributed by atoms with Gasteiger partial charge < -0.3 is 15.2 Å². The molecule has 6 heteroatoms. The molecule has 0 aliphatic carbocycles. The lowest BCUT2D eigenvalue weighted by Gasteiger charge is -2.06. The van der Waals surface area contributed by atoms with Crippen LogP contribution in [-0.2, 0) is 11.2 Å². The van der Waals surface area contributed by atoms with Crippen LogP contribution in [0.15, 0.2) is 54.1 Å². The fourth-order valence-electron chi connectivity index (χ4n) is 2.24. The molecule has 0 unspecified atom stereocenters. The number of carboxylic acids is 1. The van der Waals surface area contributed by atoms with Crippen LogP contribution in [0.4, 0.5) is 0 Å². The number of carbonyl (C=O) groups is 2. The van der Waals surface area contributed by atoms with Gasteiger partial charge >= 0.3 is 5.97 Å². The fraction of sp³-hybridized carbons (Fsp3) is 0.150. The third kappa shape index (κ3) is 5.21. The Kier molecular flexibility index (Phi) is 6.52. The van der Waals surface area contributed by atoms with Gasteiger partial charge in [-0.15, -0.1) is 0 Å². The van der Waals surface area contributed by atoms with E-state index in [9.17, 15) is 14.9 Å². The molecule has 0 saturated heterocycles. The van der Waals surface area contributed by atoms with Crippen LogP contribution in [-0.4, -0.2) is 30.6 Å². The molecule has 0 aliphatic rings. The van der Waals surface area contributed by atoms with Crippen molar-refractivity contribution in [2.24, 2.45) is 0 Å². The number of aromatic carboxylic acids is 1. The highest BCUT2D eigenvalue weighted by atomic mass is 16.5. The zero-order valence-corrected chi connectivity index (χ0v) is 14.2. The number of nitriles is 1. The Morgan fingerprint density at radius 3 is 2.35 bits per heavy atom. The number of ether oxygens (including phenoxy) is 1. The zero-order valence-electron chi connectivity index (χ0n) is 14.2. The van der Waals surface area contributed by atoms with Gasteiger partial charge in [0.2, 0.25) is 0 Å². The van der Waals surface area contributed by atoms with Gasteiger partial charge in [-0.05, 0) is 47.9 Å². The van der Waals surface area contributed by atoms with Gasteiger partial charge in [0.15, 0.2) is 0 Å². The van der Waals surface area contributed by atoms with Crippen LogP contribution in [0.2, 0.25) is 0 Å². The van der Waals surface area contributed by atoms with Crippen molar-refractivity contribution >= 4 is 18.0 Å². The van der Waals surface area contributed by atoms with Gasteiger partial charge in [-0.2, -0.15) is 5.26 Å². The molecule has 132 valence electrons. The van der Waals surface area contributed by atoms with Gasteiger partial charge in [-0.1, -0.05) is 24.3 Å². The summed E-state index contributed by atoms with van der Waals surface area (Å²) in [5.41, 5.74) is 1.72. The van der Waals surface area contributed by atoms with Gasteiger partial charge in [-0.25, -0.2) is 4.79 Å². The maximum Gasteiger partial charge on any atom is 0.335 e. The topological polar surface area (TPSA) is 99.4 Å². The molecule has 0 saturated carbocycles. The highest BCUT2D eigenvalue weighted by Crippen LogP contribution is 2.12. The number of carbonyl (C=O) groups excluding carboxylic acids is 1. The second-order valence-electron chi connectivity index (χ2n) is 5.45. The molecule has 0 fully saturated rings. The third-order valence-electron chi connectivity index (χ3n) is 3.69. The van der Waals surface area contributed by atoms with E-state index in [2.05, 4.69) is 5.32 Å². The van der Waals surface area contributed by atoms with E-state index in [4.69, 9.17) is 9.84 Å². The summed E-state index contributed by atoms with van der Waals surface area (Å²) in [5.74, 6) is -0.734. The first-order valence-electron chi connectivity index (χ1n) is 7.90. The minimum absolute atomic E-state index is 0.0391. The van der Waals surface area contributed by atoms with E-state index < -0.39 is 11.9 Å². The molecular formula is C20H18N2O4. The van der Waals surface area contributed by atoms with E-state index in [1.165, 1.54) is 18.2 Å². The first kappa shape index (κ1) is 18.7. The fourth-order valence-corrected chi connectivity index (χ4v) is 2.24. The second-order valence-corrected chi connectivity index (χ2v) is 5.45. The Morgan fingerprint density at radius 2 is 1.81 bits per heavy atom. The van der Waals surface area contributed by atoms with E-state index in [0.29, 0.717) is 18.5 Å². The van der Waals surface area contributed by atoms with Crippen LogP contribution in [0, 0.1) is 11.3 Å². The molecule has 26 heavy (non-hydrogen) atoms. The van der Waals surface area contributed by atoms with Crippen LogP contribution in [0.25, 0.3) is 6.08 Å². The van der Waals surface area contributed by atoms with Crippen molar-refractivity contribution in [3.8, 4) is 11.8 Å². The van der Waals surface area contributed by atoms with Crippen LogP contribution < -0.4 is 10.1 Å². The van der Waals surface area contributed by atoms with Crippen molar-refractivity contribution in [3.63, 3.8) is 0 Å². The van der Waals surface area contributed by atoms with Crippen LogP contribution in [0.5, 0.6) is 5.75 Å². The number of nitrogens with zero attached hydrogens (tertiary/aromatic N) is 1. The maximum atomic E-state index is 12.1. The molecular weight excluding hydrogens is 332 g/mol. The third-order valence-corrected chi connectivity index (χ3v) is 3.69. The average Bonchev–Trinajstić information content (AvgIpc) is 2.66. The predicted molar refractivity (Wildman–Crippen MR) is 96.7 cm³/mol. The van der Waals surface area contributed by atoms with Crippen LogP contribution in [0.3, 0.4) is 0 Å².